The van der Waals surface area contributed by atoms with Gasteiger partial charge < -0.3 is 15.4 Å². The van der Waals surface area contributed by atoms with E-state index in [1.807, 2.05) is 24.4 Å². The van der Waals surface area contributed by atoms with Gasteiger partial charge in [-0.2, -0.15) is 0 Å². The summed E-state index contributed by atoms with van der Waals surface area (Å²) >= 11 is 0. The lowest BCUT2D eigenvalue weighted by atomic mass is 10.0. The minimum absolute atomic E-state index is 0.160. The van der Waals surface area contributed by atoms with Crippen molar-refractivity contribution in [2.24, 2.45) is 0 Å². The topological polar surface area (TPSA) is 63.5 Å². The Balaban J connectivity index is 1.48. The molecule has 2 N–H and O–H groups in total. The molecule has 2 atom stereocenters. The molecular formula is C21H25N5O. The van der Waals surface area contributed by atoms with Gasteiger partial charge in [0.25, 0.3) is 0 Å². The van der Waals surface area contributed by atoms with Crippen LogP contribution >= 0.6 is 0 Å². The highest BCUT2D eigenvalue weighted by Crippen LogP contribution is 2.47. The Hall–Kier alpha value is -2.44. The molecular weight excluding hydrogens is 338 g/mol. The molecule has 0 spiro atoms. The van der Waals surface area contributed by atoms with Crippen molar-refractivity contribution in [2.45, 2.75) is 37.3 Å². The van der Waals surface area contributed by atoms with Crippen molar-refractivity contribution in [3.8, 4) is 11.4 Å². The summed E-state index contributed by atoms with van der Waals surface area (Å²) in [4.78, 5) is 9.42. The van der Waals surface area contributed by atoms with E-state index < -0.39 is 0 Å². The number of aromatic nitrogens is 3. The van der Waals surface area contributed by atoms with E-state index in [0.29, 0.717) is 5.41 Å². The Morgan fingerprint density at radius 3 is 2.93 bits per heavy atom. The second-order valence-corrected chi connectivity index (χ2v) is 7.94. The van der Waals surface area contributed by atoms with Crippen LogP contribution in [0.5, 0.6) is 0 Å². The van der Waals surface area contributed by atoms with E-state index in [1.165, 1.54) is 18.4 Å². The molecule has 5 rings (SSSR count). The lowest BCUT2D eigenvalue weighted by Crippen LogP contribution is -2.33. The van der Waals surface area contributed by atoms with Gasteiger partial charge in [0.15, 0.2) is 0 Å². The predicted octanol–water partition coefficient (Wildman–Crippen LogP) is 2.85. The number of anilines is 1. The van der Waals surface area contributed by atoms with Crippen molar-refractivity contribution in [2.75, 3.05) is 25.5 Å². The molecule has 3 aromatic rings. The average Bonchev–Trinajstić information content (AvgIpc) is 3.11. The van der Waals surface area contributed by atoms with Gasteiger partial charge >= 0.3 is 0 Å². The van der Waals surface area contributed by atoms with Crippen molar-refractivity contribution in [3.63, 3.8) is 0 Å². The van der Waals surface area contributed by atoms with Crippen LogP contribution in [0.1, 0.15) is 25.3 Å². The van der Waals surface area contributed by atoms with Gasteiger partial charge in [0.2, 0.25) is 0 Å². The zero-order chi connectivity index (χ0) is 18.4. The third kappa shape index (κ3) is 2.99. The molecule has 1 aliphatic heterocycles. The maximum absolute atomic E-state index is 5.54. The number of nitrogens with zero attached hydrogens (tertiary/aromatic N) is 3. The summed E-state index contributed by atoms with van der Waals surface area (Å²) in [5.41, 5.74) is 4.61. The molecule has 2 fully saturated rings. The fourth-order valence-corrected chi connectivity index (χ4v) is 3.90. The Morgan fingerprint density at radius 2 is 2.11 bits per heavy atom. The third-order valence-electron chi connectivity index (χ3n) is 6.01. The molecule has 4 heterocycles. The van der Waals surface area contributed by atoms with E-state index in [2.05, 4.69) is 45.3 Å². The first-order valence-corrected chi connectivity index (χ1v) is 9.61. The number of rotatable bonds is 5. The molecule has 0 aromatic carbocycles. The molecule has 1 saturated heterocycles. The first kappa shape index (κ1) is 16.7. The molecule has 2 aliphatic rings. The summed E-state index contributed by atoms with van der Waals surface area (Å²) in [6.45, 7) is 4.07. The van der Waals surface area contributed by atoms with E-state index in [-0.39, 0.29) is 12.1 Å². The SMILES string of the molecule is CO[C@H]1CNC[C@@H]1Nc1cccc(-c2cnc3ccc(C4(C)CC4)cn23)n1. The number of hydrogen-bond acceptors (Lipinski definition) is 5. The summed E-state index contributed by atoms with van der Waals surface area (Å²) in [5, 5.41) is 6.87. The van der Waals surface area contributed by atoms with Crippen LogP contribution < -0.4 is 10.6 Å². The highest BCUT2D eigenvalue weighted by atomic mass is 16.5. The lowest BCUT2D eigenvalue weighted by molar-refractivity contribution is 0.111. The largest absolute Gasteiger partial charge is 0.378 e. The zero-order valence-electron chi connectivity index (χ0n) is 15.8. The fraction of sp³-hybridized carbons (Fsp3) is 0.429. The van der Waals surface area contributed by atoms with Crippen molar-refractivity contribution >= 4 is 11.5 Å². The summed E-state index contributed by atoms with van der Waals surface area (Å²) < 4.78 is 7.71. The van der Waals surface area contributed by atoms with Gasteiger partial charge in [0.1, 0.15) is 11.5 Å². The highest BCUT2D eigenvalue weighted by molar-refractivity contribution is 5.62. The number of imidazole rings is 1. The molecule has 140 valence electrons. The van der Waals surface area contributed by atoms with E-state index in [4.69, 9.17) is 9.72 Å². The van der Waals surface area contributed by atoms with Crippen LogP contribution in [0.15, 0.2) is 42.7 Å². The first-order valence-electron chi connectivity index (χ1n) is 9.61. The maximum Gasteiger partial charge on any atom is 0.137 e. The van der Waals surface area contributed by atoms with Gasteiger partial charge in [-0.05, 0) is 42.0 Å². The van der Waals surface area contributed by atoms with Crippen molar-refractivity contribution < 1.29 is 4.74 Å². The molecule has 3 aromatic heterocycles. The van der Waals surface area contributed by atoms with Gasteiger partial charge in [-0.3, -0.25) is 4.40 Å². The number of methoxy groups -OCH3 is 1. The van der Waals surface area contributed by atoms with Crippen LogP contribution in [0.4, 0.5) is 5.82 Å². The second-order valence-electron chi connectivity index (χ2n) is 7.94. The minimum atomic E-state index is 0.160. The molecule has 1 aliphatic carbocycles. The molecule has 0 radical (unpaired) electrons. The normalized spacial score (nSPS) is 23.6. The zero-order valence-corrected chi connectivity index (χ0v) is 15.8. The van der Waals surface area contributed by atoms with Crippen molar-refractivity contribution in [3.05, 3.63) is 48.3 Å². The molecule has 0 unspecified atom stereocenters. The summed E-state index contributed by atoms with van der Waals surface area (Å²) in [7, 11) is 1.76. The summed E-state index contributed by atoms with van der Waals surface area (Å²) in [6, 6.07) is 10.6. The maximum atomic E-state index is 5.54. The van der Waals surface area contributed by atoms with E-state index in [1.54, 1.807) is 7.11 Å². The van der Waals surface area contributed by atoms with Gasteiger partial charge in [0, 0.05) is 26.4 Å². The molecule has 0 amide bonds. The Bertz CT molecular complexity index is 978. The van der Waals surface area contributed by atoms with E-state index in [0.717, 1.165) is 35.9 Å². The first-order chi connectivity index (χ1) is 13.2. The molecule has 0 bridgehead atoms. The van der Waals surface area contributed by atoms with E-state index >= 15 is 0 Å². The Morgan fingerprint density at radius 1 is 1.22 bits per heavy atom. The quantitative estimate of drug-likeness (QED) is 0.730. The van der Waals surface area contributed by atoms with Crippen LogP contribution in [-0.4, -0.2) is 46.7 Å². The number of nitrogens with one attached hydrogen (secondary N) is 2. The molecule has 1 saturated carbocycles. The standard InChI is InChI=1S/C21H25N5O/c1-21(8-9-21)14-6-7-20-23-11-17(26(20)13-14)15-4-3-5-19(24-15)25-16-10-22-12-18(16)27-2/h3-7,11,13,16,18,22H,8-10,12H2,1-2H3,(H,24,25)/t16-,18-/m0/s1. The monoisotopic (exact) mass is 363 g/mol. The third-order valence-corrected chi connectivity index (χ3v) is 6.01. The Labute approximate surface area is 159 Å². The average molecular weight is 363 g/mol. The van der Waals surface area contributed by atoms with Gasteiger partial charge in [-0.25, -0.2) is 9.97 Å². The molecule has 6 nitrogen and oxygen atoms in total. The molecule has 27 heavy (non-hydrogen) atoms. The fourth-order valence-electron chi connectivity index (χ4n) is 3.90. The summed E-state index contributed by atoms with van der Waals surface area (Å²) in [6.07, 6.45) is 6.82. The van der Waals surface area contributed by atoms with Crippen LogP contribution in [-0.2, 0) is 10.2 Å². The predicted molar refractivity (Wildman–Crippen MR) is 106 cm³/mol. The number of pyridine rings is 2. The van der Waals surface area contributed by atoms with Crippen LogP contribution in [0.3, 0.4) is 0 Å². The number of hydrogen-bond donors (Lipinski definition) is 2. The van der Waals surface area contributed by atoms with E-state index in [9.17, 15) is 0 Å². The smallest absolute Gasteiger partial charge is 0.137 e. The Kier molecular flexibility index (Phi) is 3.91. The van der Waals surface area contributed by atoms with Gasteiger partial charge in [0.05, 0.1) is 29.7 Å². The molecule has 6 heteroatoms. The minimum Gasteiger partial charge on any atom is -0.378 e. The summed E-state index contributed by atoms with van der Waals surface area (Å²) in [5.74, 6) is 0.864. The number of fused-ring (bicyclic) bond motifs is 1. The van der Waals surface area contributed by atoms with Crippen molar-refractivity contribution in [1.82, 2.24) is 19.7 Å². The van der Waals surface area contributed by atoms with Gasteiger partial charge in [-0.15, -0.1) is 0 Å². The number of ether oxygens (including phenoxy) is 1. The van der Waals surface area contributed by atoms with Crippen LogP contribution in [0.25, 0.3) is 17.0 Å². The second kappa shape index (κ2) is 6.32. The lowest BCUT2D eigenvalue weighted by Gasteiger charge is -2.19. The van der Waals surface area contributed by atoms with Gasteiger partial charge in [-0.1, -0.05) is 19.1 Å². The van der Waals surface area contributed by atoms with Crippen molar-refractivity contribution in [1.29, 1.82) is 0 Å². The highest BCUT2D eigenvalue weighted by Gasteiger charge is 2.39. The van der Waals surface area contributed by atoms with Crippen LogP contribution in [0, 0.1) is 0 Å². The van der Waals surface area contributed by atoms with Crippen LogP contribution in [0.2, 0.25) is 0 Å².